The molecule has 2 N–H and O–H groups in total. The van der Waals surface area contributed by atoms with Gasteiger partial charge in [0.15, 0.2) is 0 Å². The minimum absolute atomic E-state index is 0.0766. The molecule has 24 heavy (non-hydrogen) atoms. The third-order valence-electron chi connectivity index (χ3n) is 3.12. The number of amides is 2. The molecule has 134 valence electrons. The van der Waals surface area contributed by atoms with Crippen molar-refractivity contribution < 1.29 is 18.0 Å². The Balaban J connectivity index is 2.57. The van der Waals surface area contributed by atoms with Crippen molar-refractivity contribution in [3.63, 3.8) is 0 Å². The molecule has 8 heteroatoms. The number of sulfonamides is 1. The van der Waals surface area contributed by atoms with E-state index in [9.17, 15) is 18.0 Å². The topological polar surface area (TPSA) is 95.6 Å². The van der Waals surface area contributed by atoms with Crippen LogP contribution in [0.4, 0.5) is 11.4 Å². The molecule has 0 heterocycles. The molecule has 1 aromatic rings. The van der Waals surface area contributed by atoms with E-state index in [0.717, 1.165) is 6.26 Å². The van der Waals surface area contributed by atoms with Crippen LogP contribution in [0.5, 0.6) is 0 Å². The summed E-state index contributed by atoms with van der Waals surface area (Å²) in [5, 5.41) is 5.34. The van der Waals surface area contributed by atoms with Gasteiger partial charge in [0.05, 0.1) is 6.26 Å². The SMILES string of the molecule is CC(=O)Nc1ccc(NC(=O)CCN(CC(C)C)S(C)(=O)=O)cc1. The number of benzene rings is 1. The summed E-state index contributed by atoms with van der Waals surface area (Å²) in [5.74, 6) is -0.249. The van der Waals surface area contributed by atoms with E-state index in [-0.39, 0.29) is 30.7 Å². The number of rotatable bonds is 8. The number of nitrogens with zero attached hydrogens (tertiary/aromatic N) is 1. The van der Waals surface area contributed by atoms with Gasteiger partial charge in [-0.05, 0) is 30.2 Å². The van der Waals surface area contributed by atoms with Crippen LogP contribution in [-0.2, 0) is 19.6 Å². The van der Waals surface area contributed by atoms with Crippen molar-refractivity contribution in [1.29, 1.82) is 0 Å². The molecule has 0 fully saturated rings. The standard InChI is InChI=1S/C16H25N3O4S/c1-12(2)11-19(24(4,22)23)10-9-16(21)18-15-7-5-14(6-8-15)17-13(3)20/h5-8,12H,9-11H2,1-4H3,(H,17,20)(H,18,21). The van der Waals surface area contributed by atoms with Crippen LogP contribution >= 0.6 is 0 Å². The molecule has 1 aromatic carbocycles. The van der Waals surface area contributed by atoms with E-state index < -0.39 is 10.0 Å². The Kier molecular flexibility index (Phi) is 7.37. The number of carbonyl (C=O) groups excluding carboxylic acids is 2. The Morgan fingerprint density at radius 2 is 1.58 bits per heavy atom. The summed E-state index contributed by atoms with van der Waals surface area (Å²) in [7, 11) is -3.33. The Labute approximate surface area is 143 Å². The van der Waals surface area contributed by atoms with Crippen molar-refractivity contribution in [2.24, 2.45) is 5.92 Å². The first-order valence-corrected chi connectivity index (χ1v) is 9.55. The molecule has 0 saturated heterocycles. The second kappa shape index (κ2) is 8.79. The highest BCUT2D eigenvalue weighted by molar-refractivity contribution is 7.88. The fourth-order valence-corrected chi connectivity index (χ4v) is 3.08. The van der Waals surface area contributed by atoms with Crippen LogP contribution in [0.3, 0.4) is 0 Å². The van der Waals surface area contributed by atoms with Gasteiger partial charge in [0.1, 0.15) is 0 Å². The third-order valence-corrected chi connectivity index (χ3v) is 4.38. The average molecular weight is 355 g/mol. The fourth-order valence-electron chi connectivity index (χ4n) is 2.09. The minimum Gasteiger partial charge on any atom is -0.326 e. The lowest BCUT2D eigenvalue weighted by molar-refractivity contribution is -0.116. The van der Waals surface area contributed by atoms with E-state index in [4.69, 9.17) is 0 Å². The van der Waals surface area contributed by atoms with Gasteiger partial charge in [-0.3, -0.25) is 9.59 Å². The number of nitrogens with one attached hydrogen (secondary N) is 2. The maximum absolute atomic E-state index is 12.0. The van der Waals surface area contributed by atoms with E-state index in [1.165, 1.54) is 11.2 Å². The minimum atomic E-state index is -3.33. The summed E-state index contributed by atoms with van der Waals surface area (Å²) in [5.41, 5.74) is 1.23. The van der Waals surface area contributed by atoms with E-state index in [0.29, 0.717) is 17.9 Å². The first-order chi connectivity index (χ1) is 11.1. The van der Waals surface area contributed by atoms with Crippen LogP contribution in [0.25, 0.3) is 0 Å². The Morgan fingerprint density at radius 1 is 1.08 bits per heavy atom. The first-order valence-electron chi connectivity index (χ1n) is 7.70. The molecule has 1 rings (SSSR count). The molecule has 0 radical (unpaired) electrons. The lowest BCUT2D eigenvalue weighted by Gasteiger charge is -2.21. The van der Waals surface area contributed by atoms with Gasteiger partial charge in [0, 0.05) is 37.8 Å². The molecule has 2 amide bonds. The summed E-state index contributed by atoms with van der Waals surface area (Å²) in [6.07, 6.45) is 1.22. The third kappa shape index (κ3) is 7.56. The summed E-state index contributed by atoms with van der Waals surface area (Å²) in [4.78, 5) is 22.9. The van der Waals surface area contributed by atoms with Gasteiger partial charge in [-0.25, -0.2) is 12.7 Å². The normalized spacial score (nSPS) is 11.6. The summed E-state index contributed by atoms with van der Waals surface area (Å²) < 4.78 is 24.8. The number of carbonyl (C=O) groups is 2. The second-order valence-corrected chi connectivity index (χ2v) is 8.05. The highest BCUT2D eigenvalue weighted by Crippen LogP contribution is 2.14. The van der Waals surface area contributed by atoms with Gasteiger partial charge in [0.2, 0.25) is 21.8 Å². The van der Waals surface area contributed by atoms with Crippen LogP contribution in [0.2, 0.25) is 0 Å². The zero-order valence-electron chi connectivity index (χ0n) is 14.5. The van der Waals surface area contributed by atoms with Gasteiger partial charge >= 0.3 is 0 Å². The highest BCUT2D eigenvalue weighted by Gasteiger charge is 2.18. The van der Waals surface area contributed by atoms with Crippen molar-refractivity contribution in [1.82, 2.24) is 4.31 Å². The van der Waals surface area contributed by atoms with E-state index in [1.807, 2.05) is 13.8 Å². The molecule has 0 aliphatic carbocycles. The smallest absolute Gasteiger partial charge is 0.225 e. The Hall–Kier alpha value is -1.93. The maximum atomic E-state index is 12.0. The van der Waals surface area contributed by atoms with Crippen LogP contribution < -0.4 is 10.6 Å². The molecule has 0 aliphatic rings. The van der Waals surface area contributed by atoms with E-state index >= 15 is 0 Å². The van der Waals surface area contributed by atoms with Crippen LogP contribution in [0, 0.1) is 5.92 Å². The van der Waals surface area contributed by atoms with Crippen LogP contribution in [0.1, 0.15) is 27.2 Å². The molecule has 0 aromatic heterocycles. The summed E-state index contributed by atoms with van der Waals surface area (Å²) in [6, 6.07) is 6.70. The zero-order valence-corrected chi connectivity index (χ0v) is 15.3. The molecule has 7 nitrogen and oxygen atoms in total. The lowest BCUT2D eigenvalue weighted by Crippen LogP contribution is -2.35. The van der Waals surface area contributed by atoms with Gasteiger partial charge in [-0.2, -0.15) is 0 Å². The Morgan fingerprint density at radius 3 is 2.00 bits per heavy atom. The highest BCUT2D eigenvalue weighted by atomic mass is 32.2. The number of hydrogen-bond acceptors (Lipinski definition) is 4. The van der Waals surface area contributed by atoms with Gasteiger partial charge in [-0.15, -0.1) is 0 Å². The van der Waals surface area contributed by atoms with E-state index in [2.05, 4.69) is 10.6 Å². The van der Waals surface area contributed by atoms with Crippen molar-refractivity contribution >= 4 is 33.2 Å². The van der Waals surface area contributed by atoms with Gasteiger partial charge in [-0.1, -0.05) is 13.8 Å². The van der Waals surface area contributed by atoms with Gasteiger partial charge < -0.3 is 10.6 Å². The summed E-state index contributed by atoms with van der Waals surface area (Å²) in [6.45, 7) is 5.80. The molecule has 0 bridgehead atoms. The first kappa shape index (κ1) is 20.1. The van der Waals surface area contributed by atoms with Crippen LogP contribution in [0.15, 0.2) is 24.3 Å². The second-order valence-electron chi connectivity index (χ2n) is 6.07. The fraction of sp³-hybridized carbons (Fsp3) is 0.500. The van der Waals surface area contributed by atoms with Crippen LogP contribution in [-0.4, -0.2) is 43.9 Å². The Bertz CT molecular complexity index is 669. The monoisotopic (exact) mass is 355 g/mol. The molecule has 0 unspecified atom stereocenters. The number of hydrogen-bond donors (Lipinski definition) is 2. The molecule has 0 saturated carbocycles. The average Bonchev–Trinajstić information content (AvgIpc) is 2.43. The molecular formula is C16H25N3O4S. The van der Waals surface area contributed by atoms with E-state index in [1.54, 1.807) is 24.3 Å². The van der Waals surface area contributed by atoms with Crippen molar-refractivity contribution in [2.75, 3.05) is 30.0 Å². The predicted molar refractivity (Wildman–Crippen MR) is 95.2 cm³/mol. The molecular weight excluding hydrogens is 330 g/mol. The maximum Gasteiger partial charge on any atom is 0.225 e. The molecule has 0 atom stereocenters. The largest absolute Gasteiger partial charge is 0.326 e. The predicted octanol–water partition coefficient (Wildman–Crippen LogP) is 1.89. The van der Waals surface area contributed by atoms with Gasteiger partial charge in [0.25, 0.3) is 0 Å². The summed E-state index contributed by atoms with van der Waals surface area (Å²) >= 11 is 0. The molecule has 0 spiro atoms. The lowest BCUT2D eigenvalue weighted by atomic mass is 10.2. The van der Waals surface area contributed by atoms with Crippen molar-refractivity contribution in [3.8, 4) is 0 Å². The van der Waals surface area contributed by atoms with Crippen molar-refractivity contribution in [2.45, 2.75) is 27.2 Å². The van der Waals surface area contributed by atoms with Crippen molar-refractivity contribution in [3.05, 3.63) is 24.3 Å². The quantitative estimate of drug-likeness (QED) is 0.744. The molecule has 0 aliphatic heterocycles. The zero-order chi connectivity index (χ0) is 18.3. The number of anilines is 2.